The lowest BCUT2D eigenvalue weighted by Crippen LogP contribution is -2.51. The molecule has 1 saturated heterocycles. The molecule has 21 heavy (non-hydrogen) atoms. The van der Waals surface area contributed by atoms with Crippen LogP contribution in [-0.4, -0.2) is 56.1 Å². The molecular formula is C12H17N5O3S. The second-order valence-corrected chi connectivity index (χ2v) is 5.97. The van der Waals surface area contributed by atoms with E-state index in [0.717, 1.165) is 0 Å². The topological polar surface area (TPSA) is 125 Å². The predicted molar refractivity (Wildman–Crippen MR) is 79.7 cm³/mol. The summed E-state index contributed by atoms with van der Waals surface area (Å²) < 4.78 is -0.441. The number of hydrogen-bond acceptors (Lipinski definition) is 6. The summed E-state index contributed by atoms with van der Waals surface area (Å²) in [7, 11) is 0. The highest BCUT2D eigenvalue weighted by atomic mass is 32.2. The summed E-state index contributed by atoms with van der Waals surface area (Å²) in [6, 6.07) is 2.67. The van der Waals surface area contributed by atoms with Gasteiger partial charge in [-0.2, -0.15) is 16.9 Å². The maximum atomic E-state index is 12.3. The lowest BCUT2D eigenvalue weighted by molar-refractivity contribution is 0.0710. The van der Waals surface area contributed by atoms with Crippen LogP contribution in [0.3, 0.4) is 0 Å². The fraction of sp³-hybridized carbons (Fsp3) is 0.500. The fourth-order valence-electron chi connectivity index (χ4n) is 2.35. The smallest absolute Gasteiger partial charge is 0.274 e. The Morgan fingerprint density at radius 3 is 2.67 bits per heavy atom. The molecule has 0 saturated carbocycles. The number of nitrogens with two attached hydrogens (primary N) is 1. The van der Waals surface area contributed by atoms with Gasteiger partial charge in [-0.1, -0.05) is 5.16 Å². The Labute approximate surface area is 125 Å². The average molecular weight is 311 g/mol. The van der Waals surface area contributed by atoms with E-state index in [1.54, 1.807) is 4.90 Å². The van der Waals surface area contributed by atoms with Crippen LogP contribution in [0.2, 0.25) is 0 Å². The predicted octanol–water partition coefficient (Wildman–Crippen LogP) is -0.146. The van der Waals surface area contributed by atoms with E-state index < -0.39 is 4.75 Å². The minimum absolute atomic E-state index is 0.185. The van der Waals surface area contributed by atoms with E-state index in [9.17, 15) is 9.59 Å². The number of carbonyl (C=O) groups is 1. The molecule has 1 aromatic rings. The first kappa shape index (κ1) is 15.4. The van der Waals surface area contributed by atoms with Crippen LogP contribution in [0.25, 0.3) is 0 Å². The zero-order valence-electron chi connectivity index (χ0n) is 11.6. The molecule has 0 unspecified atom stereocenters. The molecule has 0 spiro atoms. The summed E-state index contributed by atoms with van der Waals surface area (Å²) in [6.07, 6.45) is 3.09. The summed E-state index contributed by atoms with van der Waals surface area (Å²) in [5, 5.41) is 18.0. The Kier molecular flexibility index (Phi) is 4.51. The molecule has 114 valence electrons. The molecule has 2 heterocycles. The van der Waals surface area contributed by atoms with Crippen molar-refractivity contribution in [1.82, 2.24) is 15.1 Å². The first-order chi connectivity index (χ1) is 10.0. The zero-order chi connectivity index (χ0) is 15.5. The molecule has 1 amide bonds. The van der Waals surface area contributed by atoms with Gasteiger partial charge in [-0.15, -0.1) is 0 Å². The van der Waals surface area contributed by atoms with Crippen molar-refractivity contribution in [3.8, 4) is 0 Å². The van der Waals surface area contributed by atoms with Crippen molar-refractivity contribution < 1.29 is 10.0 Å². The van der Waals surface area contributed by atoms with Crippen LogP contribution in [0, 0.1) is 0 Å². The van der Waals surface area contributed by atoms with E-state index in [1.807, 2.05) is 6.26 Å². The van der Waals surface area contributed by atoms with Crippen LogP contribution < -0.4 is 11.3 Å². The summed E-state index contributed by atoms with van der Waals surface area (Å²) in [6.45, 7) is 0.966. The molecule has 8 nitrogen and oxygen atoms in total. The van der Waals surface area contributed by atoms with Gasteiger partial charge in [-0.25, -0.2) is 5.10 Å². The third-order valence-corrected chi connectivity index (χ3v) is 5.12. The first-order valence-corrected chi connectivity index (χ1v) is 7.63. The fourth-order valence-corrected chi connectivity index (χ4v) is 3.19. The van der Waals surface area contributed by atoms with E-state index in [2.05, 4.69) is 15.4 Å². The third kappa shape index (κ3) is 3.02. The molecule has 1 aliphatic heterocycles. The molecule has 1 fully saturated rings. The molecule has 0 bridgehead atoms. The van der Waals surface area contributed by atoms with Crippen molar-refractivity contribution in [3.63, 3.8) is 0 Å². The van der Waals surface area contributed by atoms with Crippen molar-refractivity contribution >= 4 is 23.5 Å². The molecule has 1 aromatic heterocycles. The minimum atomic E-state index is -0.441. The maximum absolute atomic E-state index is 12.3. The van der Waals surface area contributed by atoms with Gasteiger partial charge in [0.15, 0.2) is 5.84 Å². The maximum Gasteiger partial charge on any atom is 0.274 e. The number of piperidine rings is 1. The number of thioether (sulfide) groups is 1. The SMILES string of the molecule is CSC1(/C(N)=N/O)CCN(C(=O)c2ccc(=O)[nH]n2)CC1. The van der Waals surface area contributed by atoms with Crippen molar-refractivity contribution in [1.29, 1.82) is 0 Å². The van der Waals surface area contributed by atoms with Crippen LogP contribution in [0.5, 0.6) is 0 Å². The largest absolute Gasteiger partial charge is 0.409 e. The lowest BCUT2D eigenvalue weighted by Gasteiger charge is -2.39. The van der Waals surface area contributed by atoms with Gasteiger partial charge < -0.3 is 15.8 Å². The molecule has 1 aliphatic rings. The van der Waals surface area contributed by atoms with Gasteiger partial charge in [0.05, 0.1) is 4.75 Å². The van der Waals surface area contributed by atoms with E-state index in [-0.39, 0.29) is 23.0 Å². The summed E-state index contributed by atoms with van der Waals surface area (Å²) in [4.78, 5) is 24.9. The number of H-pyrrole nitrogens is 1. The van der Waals surface area contributed by atoms with Crippen molar-refractivity contribution in [2.75, 3.05) is 19.3 Å². The first-order valence-electron chi connectivity index (χ1n) is 6.40. The quantitative estimate of drug-likeness (QED) is 0.309. The van der Waals surface area contributed by atoms with Crippen LogP contribution in [-0.2, 0) is 0 Å². The van der Waals surface area contributed by atoms with E-state index in [0.29, 0.717) is 25.9 Å². The second-order valence-electron chi connectivity index (χ2n) is 4.78. The summed E-state index contributed by atoms with van der Waals surface area (Å²) in [5.74, 6) is -0.0512. The van der Waals surface area contributed by atoms with Crippen LogP contribution in [0.1, 0.15) is 23.3 Å². The van der Waals surface area contributed by atoms with Crippen molar-refractivity contribution in [2.24, 2.45) is 10.9 Å². The number of aromatic nitrogens is 2. The van der Waals surface area contributed by atoms with Gasteiger partial charge in [0.1, 0.15) is 5.69 Å². The van der Waals surface area contributed by atoms with Gasteiger partial charge in [0, 0.05) is 19.2 Å². The Bertz CT molecular complexity index is 587. The Morgan fingerprint density at radius 1 is 1.52 bits per heavy atom. The van der Waals surface area contributed by atoms with Gasteiger partial charge >= 0.3 is 0 Å². The summed E-state index contributed by atoms with van der Waals surface area (Å²) >= 11 is 1.52. The van der Waals surface area contributed by atoms with Gasteiger partial charge in [0.2, 0.25) is 0 Å². The number of aromatic amines is 1. The monoisotopic (exact) mass is 311 g/mol. The van der Waals surface area contributed by atoms with Crippen molar-refractivity contribution in [3.05, 3.63) is 28.2 Å². The molecule has 2 rings (SSSR count). The van der Waals surface area contributed by atoms with E-state index in [4.69, 9.17) is 10.9 Å². The number of oxime groups is 1. The number of likely N-dealkylation sites (tertiary alicyclic amines) is 1. The average Bonchev–Trinajstić information content (AvgIpc) is 2.54. The lowest BCUT2D eigenvalue weighted by atomic mass is 9.94. The van der Waals surface area contributed by atoms with Crippen LogP contribution in [0.4, 0.5) is 0 Å². The Morgan fingerprint density at radius 2 is 2.19 bits per heavy atom. The molecule has 9 heteroatoms. The van der Waals surface area contributed by atoms with Gasteiger partial charge in [0.25, 0.3) is 11.5 Å². The molecule has 0 atom stereocenters. The highest BCUT2D eigenvalue weighted by Gasteiger charge is 2.39. The van der Waals surface area contributed by atoms with Crippen LogP contribution >= 0.6 is 11.8 Å². The highest BCUT2D eigenvalue weighted by molar-refractivity contribution is 8.00. The van der Waals surface area contributed by atoms with Crippen molar-refractivity contribution in [2.45, 2.75) is 17.6 Å². The second kappa shape index (κ2) is 6.17. The summed E-state index contributed by atoms with van der Waals surface area (Å²) in [5.41, 5.74) is 5.62. The number of amides is 1. The third-order valence-electron chi connectivity index (χ3n) is 3.72. The Hall–Kier alpha value is -2.03. The normalized spacial score (nSPS) is 18.5. The number of rotatable bonds is 3. The molecule has 0 aliphatic carbocycles. The molecule has 0 aromatic carbocycles. The zero-order valence-corrected chi connectivity index (χ0v) is 12.4. The minimum Gasteiger partial charge on any atom is -0.409 e. The number of nitrogens with zero attached hydrogens (tertiary/aromatic N) is 3. The highest BCUT2D eigenvalue weighted by Crippen LogP contribution is 2.35. The van der Waals surface area contributed by atoms with E-state index >= 15 is 0 Å². The van der Waals surface area contributed by atoms with Gasteiger partial charge in [-0.3, -0.25) is 9.59 Å². The number of amidine groups is 1. The van der Waals surface area contributed by atoms with Crippen LogP contribution in [0.15, 0.2) is 22.1 Å². The number of nitrogens with one attached hydrogen (secondary N) is 1. The Balaban J connectivity index is 2.08. The van der Waals surface area contributed by atoms with Gasteiger partial charge in [-0.05, 0) is 25.2 Å². The standard InChI is InChI=1S/C12H17N5O3S/c1-21-12(11(13)16-20)4-6-17(7-5-12)10(19)8-2-3-9(18)15-14-8/h2-3,20H,4-7H2,1H3,(H2,13,16)(H,15,18). The number of hydrogen-bond donors (Lipinski definition) is 3. The molecule has 0 radical (unpaired) electrons. The van der Waals surface area contributed by atoms with E-state index in [1.165, 1.54) is 23.9 Å². The number of carbonyl (C=O) groups excluding carboxylic acids is 1. The molecule has 4 N–H and O–H groups in total. The molecular weight excluding hydrogens is 294 g/mol.